The average Bonchev–Trinajstić information content (AvgIpc) is 2.58. The summed E-state index contributed by atoms with van der Waals surface area (Å²) in [7, 11) is 3.23. The van der Waals surface area contributed by atoms with Gasteiger partial charge in [-0.2, -0.15) is 0 Å². The van der Waals surface area contributed by atoms with E-state index in [1.165, 1.54) is 0 Å². The Hall–Kier alpha value is -2.40. The number of hydrogen-bond acceptors (Lipinski definition) is 5. The standard InChI is InChI=1S/C17H21NO4/c1-19-14-8-7-13(12-18)17(11-14)22-10-9-21-16-6-4-3-5-15(16)20-2/h3-8,11H,9-10,12,18H2,1-2H3. The van der Waals surface area contributed by atoms with Crippen molar-refractivity contribution in [3.05, 3.63) is 48.0 Å². The Morgan fingerprint density at radius 1 is 0.818 bits per heavy atom. The molecule has 0 aliphatic heterocycles. The summed E-state index contributed by atoms with van der Waals surface area (Å²) in [6.45, 7) is 1.21. The predicted molar refractivity (Wildman–Crippen MR) is 84.9 cm³/mol. The smallest absolute Gasteiger partial charge is 0.161 e. The molecule has 0 spiro atoms. The topological polar surface area (TPSA) is 62.9 Å². The fourth-order valence-electron chi connectivity index (χ4n) is 2.01. The summed E-state index contributed by atoms with van der Waals surface area (Å²) in [4.78, 5) is 0. The van der Waals surface area contributed by atoms with Gasteiger partial charge in [0.15, 0.2) is 11.5 Å². The number of para-hydroxylation sites is 2. The molecule has 118 valence electrons. The molecule has 0 unspecified atom stereocenters. The van der Waals surface area contributed by atoms with Crippen LogP contribution >= 0.6 is 0 Å². The van der Waals surface area contributed by atoms with Gasteiger partial charge in [-0.1, -0.05) is 18.2 Å². The first-order valence-corrected chi connectivity index (χ1v) is 7.04. The van der Waals surface area contributed by atoms with Crippen molar-refractivity contribution in [3.8, 4) is 23.0 Å². The van der Waals surface area contributed by atoms with E-state index >= 15 is 0 Å². The zero-order valence-electron chi connectivity index (χ0n) is 12.9. The van der Waals surface area contributed by atoms with E-state index in [-0.39, 0.29) is 0 Å². The van der Waals surface area contributed by atoms with Gasteiger partial charge in [-0.15, -0.1) is 0 Å². The zero-order valence-corrected chi connectivity index (χ0v) is 12.9. The summed E-state index contributed by atoms with van der Waals surface area (Å²) in [5, 5.41) is 0. The van der Waals surface area contributed by atoms with Crippen LogP contribution in [-0.2, 0) is 6.54 Å². The van der Waals surface area contributed by atoms with Crippen molar-refractivity contribution in [1.29, 1.82) is 0 Å². The van der Waals surface area contributed by atoms with Crippen LogP contribution in [0.15, 0.2) is 42.5 Å². The maximum absolute atomic E-state index is 5.74. The molecule has 0 bridgehead atoms. The minimum absolute atomic E-state index is 0.401. The van der Waals surface area contributed by atoms with E-state index in [1.807, 2.05) is 42.5 Å². The van der Waals surface area contributed by atoms with Crippen molar-refractivity contribution >= 4 is 0 Å². The van der Waals surface area contributed by atoms with E-state index < -0.39 is 0 Å². The summed E-state index contributed by atoms with van der Waals surface area (Å²) in [6, 6.07) is 13.1. The molecule has 2 N–H and O–H groups in total. The molecule has 0 saturated heterocycles. The molecule has 0 fully saturated rings. The molecular weight excluding hydrogens is 282 g/mol. The minimum atomic E-state index is 0.401. The summed E-state index contributed by atoms with van der Waals surface area (Å²) < 4.78 is 21.8. The second-order valence-corrected chi connectivity index (χ2v) is 4.53. The molecular formula is C17H21NO4. The molecule has 0 amide bonds. The molecule has 5 nitrogen and oxygen atoms in total. The number of ether oxygens (including phenoxy) is 4. The summed E-state index contributed by atoms with van der Waals surface area (Å²) in [5.41, 5.74) is 6.64. The summed E-state index contributed by atoms with van der Waals surface area (Å²) in [5.74, 6) is 2.84. The monoisotopic (exact) mass is 303 g/mol. The lowest BCUT2D eigenvalue weighted by Gasteiger charge is -2.13. The third-order valence-electron chi connectivity index (χ3n) is 3.16. The summed E-state index contributed by atoms with van der Waals surface area (Å²) >= 11 is 0. The van der Waals surface area contributed by atoms with E-state index in [1.54, 1.807) is 14.2 Å². The number of methoxy groups -OCH3 is 2. The van der Waals surface area contributed by atoms with Crippen LogP contribution in [0.2, 0.25) is 0 Å². The normalized spacial score (nSPS) is 10.1. The Labute approximate surface area is 130 Å². The highest BCUT2D eigenvalue weighted by molar-refractivity contribution is 5.41. The molecule has 2 aromatic carbocycles. The van der Waals surface area contributed by atoms with Gasteiger partial charge in [-0.3, -0.25) is 0 Å². The van der Waals surface area contributed by atoms with Gasteiger partial charge in [0.25, 0.3) is 0 Å². The molecule has 0 saturated carbocycles. The van der Waals surface area contributed by atoms with Crippen molar-refractivity contribution in [2.45, 2.75) is 6.54 Å². The lowest BCUT2D eigenvalue weighted by molar-refractivity contribution is 0.209. The van der Waals surface area contributed by atoms with Gasteiger partial charge in [0.05, 0.1) is 14.2 Å². The quantitative estimate of drug-likeness (QED) is 0.760. The van der Waals surface area contributed by atoms with Gasteiger partial charge in [-0.05, 0) is 18.2 Å². The van der Waals surface area contributed by atoms with Crippen LogP contribution in [-0.4, -0.2) is 27.4 Å². The Morgan fingerprint density at radius 2 is 1.50 bits per heavy atom. The second-order valence-electron chi connectivity index (χ2n) is 4.53. The fraction of sp³-hybridized carbons (Fsp3) is 0.294. The van der Waals surface area contributed by atoms with Crippen LogP contribution in [0.5, 0.6) is 23.0 Å². The van der Waals surface area contributed by atoms with Gasteiger partial charge in [0, 0.05) is 18.2 Å². The van der Waals surface area contributed by atoms with E-state index in [4.69, 9.17) is 24.7 Å². The highest BCUT2D eigenvalue weighted by Gasteiger charge is 2.06. The van der Waals surface area contributed by atoms with Crippen LogP contribution < -0.4 is 24.7 Å². The molecule has 0 aliphatic carbocycles. The average molecular weight is 303 g/mol. The molecule has 0 heterocycles. The lowest BCUT2D eigenvalue weighted by Crippen LogP contribution is -2.11. The Balaban J connectivity index is 1.91. The maximum Gasteiger partial charge on any atom is 0.161 e. The van der Waals surface area contributed by atoms with Crippen LogP contribution in [0.25, 0.3) is 0 Å². The van der Waals surface area contributed by atoms with E-state index in [0.717, 1.165) is 11.3 Å². The van der Waals surface area contributed by atoms with Crippen LogP contribution in [0.1, 0.15) is 5.56 Å². The van der Waals surface area contributed by atoms with Crippen molar-refractivity contribution in [1.82, 2.24) is 0 Å². The Morgan fingerprint density at radius 3 is 2.14 bits per heavy atom. The lowest BCUT2D eigenvalue weighted by atomic mass is 10.2. The van der Waals surface area contributed by atoms with Crippen molar-refractivity contribution in [2.24, 2.45) is 5.73 Å². The first kappa shape index (κ1) is 16.0. The molecule has 22 heavy (non-hydrogen) atoms. The largest absolute Gasteiger partial charge is 0.497 e. The fourth-order valence-corrected chi connectivity index (χ4v) is 2.01. The third-order valence-corrected chi connectivity index (χ3v) is 3.16. The minimum Gasteiger partial charge on any atom is -0.497 e. The summed E-state index contributed by atoms with van der Waals surface area (Å²) in [6.07, 6.45) is 0. The van der Waals surface area contributed by atoms with E-state index in [2.05, 4.69) is 0 Å². The van der Waals surface area contributed by atoms with Gasteiger partial charge in [0.2, 0.25) is 0 Å². The van der Waals surface area contributed by atoms with Gasteiger partial charge >= 0.3 is 0 Å². The molecule has 0 atom stereocenters. The second kappa shape index (κ2) is 8.14. The number of hydrogen-bond donors (Lipinski definition) is 1. The van der Waals surface area contributed by atoms with Crippen molar-refractivity contribution < 1.29 is 18.9 Å². The molecule has 0 radical (unpaired) electrons. The first-order chi connectivity index (χ1) is 10.8. The van der Waals surface area contributed by atoms with Gasteiger partial charge in [-0.25, -0.2) is 0 Å². The van der Waals surface area contributed by atoms with Crippen molar-refractivity contribution in [3.63, 3.8) is 0 Å². The van der Waals surface area contributed by atoms with Gasteiger partial charge in [0.1, 0.15) is 24.7 Å². The third kappa shape index (κ3) is 4.05. The maximum atomic E-state index is 5.74. The Bertz CT molecular complexity index is 601. The molecule has 0 aliphatic rings. The van der Waals surface area contributed by atoms with Crippen LogP contribution in [0.4, 0.5) is 0 Å². The van der Waals surface area contributed by atoms with E-state index in [9.17, 15) is 0 Å². The Kier molecular flexibility index (Phi) is 5.91. The van der Waals surface area contributed by atoms with Crippen molar-refractivity contribution in [2.75, 3.05) is 27.4 Å². The first-order valence-electron chi connectivity index (χ1n) is 7.04. The molecule has 2 aromatic rings. The number of benzene rings is 2. The SMILES string of the molecule is COc1ccc(CN)c(OCCOc2ccccc2OC)c1. The molecule has 0 aromatic heterocycles. The highest BCUT2D eigenvalue weighted by atomic mass is 16.5. The predicted octanol–water partition coefficient (Wildman–Crippen LogP) is 2.62. The van der Waals surface area contributed by atoms with Gasteiger partial charge < -0.3 is 24.7 Å². The van der Waals surface area contributed by atoms with E-state index in [0.29, 0.717) is 37.0 Å². The molecule has 2 rings (SSSR count). The number of rotatable bonds is 8. The van der Waals surface area contributed by atoms with Crippen LogP contribution in [0, 0.1) is 0 Å². The zero-order chi connectivity index (χ0) is 15.8. The molecule has 5 heteroatoms. The van der Waals surface area contributed by atoms with Crippen LogP contribution in [0.3, 0.4) is 0 Å². The number of nitrogens with two attached hydrogens (primary N) is 1. The highest BCUT2D eigenvalue weighted by Crippen LogP contribution is 2.26.